The van der Waals surface area contributed by atoms with Crippen LogP contribution in [0, 0.1) is 16.7 Å². The summed E-state index contributed by atoms with van der Waals surface area (Å²) >= 11 is 0. The predicted molar refractivity (Wildman–Crippen MR) is 331 cm³/mol. The molecular weight excluding hydrogens is 937 g/mol. The molecular formula is C70H116O6. The lowest BCUT2D eigenvalue weighted by molar-refractivity contribution is -0.138. The molecule has 0 saturated carbocycles. The van der Waals surface area contributed by atoms with Crippen molar-refractivity contribution in [2.24, 2.45) is 16.7 Å². The second-order valence-electron chi connectivity index (χ2n) is 23.8. The zero-order chi connectivity index (χ0) is 57.0. The van der Waals surface area contributed by atoms with Crippen molar-refractivity contribution in [3.05, 3.63) is 130 Å². The normalized spacial score (nSPS) is 19.4. The van der Waals surface area contributed by atoms with Crippen LogP contribution in [0.2, 0.25) is 0 Å². The third-order valence-corrected chi connectivity index (χ3v) is 14.8. The number of aliphatic hydroxyl groups excluding tert-OH is 2. The molecule has 3 atom stereocenters. The van der Waals surface area contributed by atoms with Gasteiger partial charge in [-0.2, -0.15) is 0 Å². The lowest BCUT2D eigenvalue weighted by Crippen LogP contribution is -2.32. The highest BCUT2D eigenvalue weighted by Crippen LogP contribution is 2.42. The summed E-state index contributed by atoms with van der Waals surface area (Å²) in [4.78, 5) is 20.6. The molecule has 0 radical (unpaired) electrons. The third kappa shape index (κ3) is 40.2. The van der Waals surface area contributed by atoms with Crippen molar-refractivity contribution in [2.75, 3.05) is 0 Å². The summed E-state index contributed by atoms with van der Waals surface area (Å²) in [7, 11) is 0. The minimum Gasteiger partial charge on any atom is -0.481 e. The fourth-order valence-electron chi connectivity index (χ4n) is 10.4. The molecule has 0 aromatic rings. The molecule has 0 unspecified atom stereocenters. The van der Waals surface area contributed by atoms with E-state index in [0.29, 0.717) is 18.8 Å². The van der Waals surface area contributed by atoms with Gasteiger partial charge in [0.25, 0.3) is 0 Å². The Balaban J connectivity index is 0.00000136. The molecule has 0 amide bonds. The van der Waals surface area contributed by atoms with Crippen LogP contribution in [-0.2, 0) is 9.59 Å². The molecule has 0 heterocycles. The Kier molecular flexibility index (Phi) is 42.6. The highest BCUT2D eigenvalue weighted by atomic mass is 16.4. The van der Waals surface area contributed by atoms with Gasteiger partial charge >= 0.3 is 11.9 Å². The molecule has 0 bridgehead atoms. The number of allylic oxidation sites excluding steroid dienone is 20. The molecule has 2 rings (SSSR count). The molecule has 2 aliphatic rings. The first kappa shape index (κ1) is 72.0. The minimum atomic E-state index is -0.657. The molecule has 4 N–H and O–H groups in total. The molecule has 0 aliphatic heterocycles. The number of rotatable bonds is 36. The molecule has 0 fully saturated rings. The van der Waals surface area contributed by atoms with E-state index in [2.05, 4.69) is 168 Å². The van der Waals surface area contributed by atoms with Crippen molar-refractivity contribution in [1.82, 2.24) is 0 Å². The number of aliphatic carboxylic acids is 2. The van der Waals surface area contributed by atoms with Crippen LogP contribution in [0.25, 0.3) is 0 Å². The SMILES string of the molecule is CC1=C[C@H](O)CC(C)(C)[C@H]1/C=C/C(C)=C/C=C/C(C)=C/C=C/C=C(C)/C=C/C=C(C)/C=C/C1=C(C)C[C@@H](O)CC1(C)C.CCCCCCCCCCCCCC(=O)O.CCCCCCCCCCCCCCCC(=O)O. The second-order valence-corrected chi connectivity index (χ2v) is 23.8. The standard InChI is InChI=1S/C40H56O2.C16H32O2.C14H28O2/c1-29(17-13-19-31(3)21-23-37-33(5)25-35(41)27-39(37,7)8)15-11-12-16-30(2)18-14-20-32(4)22-24-38-34(6)26-36(42)28-40(38,9)10;1-2-3-4-5-6-7-8-9-10-11-12-13-14-15-16(17)18;1-2-3-4-5-6-7-8-9-10-11-12-13-14(15)16/h11-25,35-37,41-42H,26-28H2,1-10H3;2-15H2,1H3,(H,17,18);2-13H2,1H3,(H,15,16)/b12-11+,17-13+,18-14+,23-21+,24-22+,29-15+,30-16+,31-19+,32-20+;;/t35-,36+,37-;;/m0../s1. The quantitative estimate of drug-likeness (QED) is 0.0282. The first-order valence-electron chi connectivity index (χ1n) is 30.4. The van der Waals surface area contributed by atoms with Crippen molar-refractivity contribution >= 4 is 11.9 Å². The summed E-state index contributed by atoms with van der Waals surface area (Å²) in [6.45, 7) is 26.1. The number of carbonyl (C=O) groups is 2. The Morgan fingerprint density at radius 1 is 0.513 bits per heavy atom. The summed E-state index contributed by atoms with van der Waals surface area (Å²) in [5.74, 6) is -0.963. The van der Waals surface area contributed by atoms with Crippen LogP contribution in [0.4, 0.5) is 0 Å². The number of hydrogen-bond donors (Lipinski definition) is 4. The molecule has 0 aromatic carbocycles. The molecule has 0 saturated heterocycles. The zero-order valence-electron chi connectivity index (χ0n) is 51.0. The number of carboxylic acids is 2. The average molecular weight is 1050 g/mol. The van der Waals surface area contributed by atoms with E-state index in [9.17, 15) is 19.8 Å². The van der Waals surface area contributed by atoms with Gasteiger partial charge in [-0.3, -0.25) is 9.59 Å². The number of hydrogen-bond acceptors (Lipinski definition) is 4. The van der Waals surface area contributed by atoms with Gasteiger partial charge in [0.1, 0.15) is 0 Å². The Hall–Kier alpha value is -4.00. The Morgan fingerprint density at radius 2 is 0.868 bits per heavy atom. The molecule has 432 valence electrons. The fraction of sp³-hybridized carbons (Fsp3) is 0.657. The van der Waals surface area contributed by atoms with Crippen LogP contribution in [-0.4, -0.2) is 44.6 Å². The third-order valence-electron chi connectivity index (χ3n) is 14.8. The van der Waals surface area contributed by atoms with Crippen LogP contribution in [0.1, 0.15) is 269 Å². The second kappa shape index (κ2) is 44.9. The van der Waals surface area contributed by atoms with Crippen molar-refractivity contribution in [3.8, 4) is 0 Å². The summed E-state index contributed by atoms with van der Waals surface area (Å²) in [6, 6.07) is 0. The lowest BCUT2D eigenvalue weighted by atomic mass is 9.67. The molecule has 76 heavy (non-hydrogen) atoms. The van der Waals surface area contributed by atoms with Gasteiger partial charge in [0.2, 0.25) is 0 Å². The van der Waals surface area contributed by atoms with Gasteiger partial charge in [-0.25, -0.2) is 0 Å². The maximum absolute atomic E-state index is 10.3. The van der Waals surface area contributed by atoms with Gasteiger partial charge in [0, 0.05) is 18.8 Å². The molecule has 0 spiro atoms. The smallest absolute Gasteiger partial charge is 0.303 e. The summed E-state index contributed by atoms with van der Waals surface area (Å²) in [5.41, 5.74) is 8.73. The van der Waals surface area contributed by atoms with Crippen LogP contribution >= 0.6 is 0 Å². The van der Waals surface area contributed by atoms with E-state index in [1.165, 1.54) is 167 Å². The van der Waals surface area contributed by atoms with Crippen LogP contribution < -0.4 is 0 Å². The molecule has 6 nitrogen and oxygen atoms in total. The Labute approximate surface area is 468 Å². The van der Waals surface area contributed by atoms with Gasteiger partial charge in [-0.05, 0) is 90.0 Å². The summed E-state index contributed by atoms with van der Waals surface area (Å²) < 4.78 is 0. The average Bonchev–Trinajstić information content (AvgIpc) is 3.32. The van der Waals surface area contributed by atoms with E-state index in [1.54, 1.807) is 0 Å². The van der Waals surface area contributed by atoms with E-state index in [0.717, 1.165) is 44.9 Å². The highest BCUT2D eigenvalue weighted by Gasteiger charge is 2.34. The van der Waals surface area contributed by atoms with Gasteiger partial charge in [-0.15, -0.1) is 0 Å². The number of unbranched alkanes of at least 4 members (excludes halogenated alkanes) is 22. The van der Waals surface area contributed by atoms with E-state index >= 15 is 0 Å². The molecule has 0 aromatic heterocycles. The van der Waals surface area contributed by atoms with E-state index in [1.807, 2.05) is 6.08 Å². The monoisotopic (exact) mass is 1050 g/mol. The van der Waals surface area contributed by atoms with Crippen molar-refractivity contribution in [2.45, 2.75) is 281 Å². The lowest BCUT2D eigenvalue weighted by Gasteiger charge is -2.38. The van der Waals surface area contributed by atoms with Crippen LogP contribution in [0.15, 0.2) is 130 Å². The maximum Gasteiger partial charge on any atom is 0.303 e. The number of carboxylic acid groups (broad SMARTS) is 2. The number of aliphatic hydroxyl groups is 2. The largest absolute Gasteiger partial charge is 0.481 e. The highest BCUT2D eigenvalue weighted by molar-refractivity contribution is 5.66. The van der Waals surface area contributed by atoms with E-state index in [4.69, 9.17) is 10.2 Å². The van der Waals surface area contributed by atoms with Crippen molar-refractivity contribution < 1.29 is 30.0 Å². The minimum absolute atomic E-state index is 0.00528. The summed E-state index contributed by atoms with van der Waals surface area (Å²) in [6.07, 6.45) is 65.4. The van der Waals surface area contributed by atoms with Gasteiger partial charge in [0.15, 0.2) is 0 Å². The van der Waals surface area contributed by atoms with Gasteiger partial charge < -0.3 is 20.4 Å². The van der Waals surface area contributed by atoms with Crippen molar-refractivity contribution in [1.29, 1.82) is 0 Å². The first-order valence-corrected chi connectivity index (χ1v) is 30.4. The topological polar surface area (TPSA) is 115 Å². The van der Waals surface area contributed by atoms with Gasteiger partial charge in [0.05, 0.1) is 12.2 Å². The van der Waals surface area contributed by atoms with Gasteiger partial charge in [-0.1, -0.05) is 307 Å². The Bertz CT molecular complexity index is 1920. The molecule has 2 aliphatic carbocycles. The predicted octanol–water partition coefficient (Wildman–Crippen LogP) is 20.7. The zero-order valence-corrected chi connectivity index (χ0v) is 51.0. The van der Waals surface area contributed by atoms with E-state index in [-0.39, 0.29) is 23.0 Å². The van der Waals surface area contributed by atoms with Crippen LogP contribution in [0.5, 0.6) is 0 Å². The van der Waals surface area contributed by atoms with Crippen molar-refractivity contribution in [3.63, 3.8) is 0 Å². The van der Waals surface area contributed by atoms with E-state index < -0.39 is 11.9 Å². The molecule has 6 heteroatoms. The Morgan fingerprint density at radius 3 is 1.24 bits per heavy atom. The summed E-state index contributed by atoms with van der Waals surface area (Å²) in [5, 5.41) is 37.1. The maximum atomic E-state index is 10.3. The first-order chi connectivity index (χ1) is 36.1. The van der Waals surface area contributed by atoms with Crippen LogP contribution in [0.3, 0.4) is 0 Å². The fourth-order valence-corrected chi connectivity index (χ4v) is 10.4.